The molecule has 0 atom stereocenters. The van der Waals surface area contributed by atoms with Gasteiger partial charge in [-0.1, -0.05) is 18.2 Å². The lowest BCUT2D eigenvalue weighted by Crippen LogP contribution is -2.38. The summed E-state index contributed by atoms with van der Waals surface area (Å²) in [4.78, 5) is 34.2. The van der Waals surface area contributed by atoms with Crippen molar-refractivity contribution in [2.45, 2.75) is 39.7 Å². The number of rotatable bonds is 10. The van der Waals surface area contributed by atoms with E-state index in [0.717, 1.165) is 50.4 Å². The van der Waals surface area contributed by atoms with Crippen molar-refractivity contribution in [1.82, 2.24) is 10.2 Å². The number of amides is 3. The van der Waals surface area contributed by atoms with Gasteiger partial charge in [0.1, 0.15) is 5.84 Å². The third-order valence-electron chi connectivity index (χ3n) is 6.96. The number of morpholine rings is 1. The van der Waals surface area contributed by atoms with Crippen LogP contribution in [-0.2, 0) is 24.2 Å². The Labute approximate surface area is 303 Å². The van der Waals surface area contributed by atoms with Gasteiger partial charge >= 0.3 is 24.2 Å². The summed E-state index contributed by atoms with van der Waals surface area (Å²) in [6, 6.07) is 13.7. The number of nitrogens with zero attached hydrogens (tertiary/aromatic N) is 1. The van der Waals surface area contributed by atoms with Gasteiger partial charge < -0.3 is 27.3 Å². The number of nitrogen functional groups attached to an aromatic ring is 1. The minimum atomic E-state index is -4.86. The van der Waals surface area contributed by atoms with Crippen LogP contribution in [0.1, 0.15) is 27.2 Å². The zero-order chi connectivity index (χ0) is 39.4. The van der Waals surface area contributed by atoms with E-state index in [1.54, 1.807) is 30.5 Å². The van der Waals surface area contributed by atoms with Crippen molar-refractivity contribution in [3.8, 4) is 11.1 Å². The Balaban J connectivity index is 0.000000564. The monoisotopic (exact) mass is 798 g/mol. The molecule has 0 radical (unpaired) electrons. The summed E-state index contributed by atoms with van der Waals surface area (Å²) in [5.41, 5.74) is 16.2. The number of nitrogens with one attached hydrogen (secondary N) is 2. The predicted octanol–water partition coefficient (Wildman–Crippen LogP) is 4.08. The van der Waals surface area contributed by atoms with E-state index in [-0.39, 0.29) is 21.5 Å². The molecule has 3 amide bonds. The van der Waals surface area contributed by atoms with Crippen molar-refractivity contribution in [3.05, 3.63) is 64.5 Å². The van der Waals surface area contributed by atoms with Crippen LogP contribution in [0.4, 0.5) is 26.3 Å². The molecule has 3 aromatic rings. The van der Waals surface area contributed by atoms with Gasteiger partial charge in [0.25, 0.3) is 5.91 Å². The van der Waals surface area contributed by atoms with Crippen molar-refractivity contribution in [2.75, 3.05) is 45.6 Å². The van der Waals surface area contributed by atoms with Gasteiger partial charge in [-0.2, -0.15) is 26.3 Å². The molecule has 0 saturated carbocycles. The summed E-state index contributed by atoms with van der Waals surface area (Å²) >= 11 is 2.51. The molecule has 2 aromatic carbocycles. The molecule has 0 bridgehead atoms. The quantitative estimate of drug-likeness (QED) is 0.0657. The highest BCUT2D eigenvalue weighted by atomic mass is 32.2. The van der Waals surface area contributed by atoms with Crippen LogP contribution in [-0.4, -0.2) is 94.9 Å². The van der Waals surface area contributed by atoms with Crippen molar-refractivity contribution < 1.29 is 53.9 Å². The second-order valence-corrected chi connectivity index (χ2v) is 14.8. The van der Waals surface area contributed by atoms with Gasteiger partial charge in [-0.15, -0.1) is 23.1 Å². The number of benzene rings is 2. The molecule has 1 saturated heterocycles. The number of nitrogens with two attached hydrogens (primary N) is 3. The van der Waals surface area contributed by atoms with Crippen LogP contribution in [0.15, 0.2) is 62.5 Å². The minimum Gasteiger partial charge on any atom is -0.383 e. The molecule has 8 N–H and O–H groups in total. The Morgan fingerprint density at radius 3 is 2.06 bits per heavy atom. The second-order valence-electron chi connectivity index (χ2n) is 10.7. The zero-order valence-corrected chi connectivity index (χ0v) is 30.1. The van der Waals surface area contributed by atoms with Crippen LogP contribution in [0, 0.1) is 12.3 Å². The molecule has 286 valence electrons. The summed E-state index contributed by atoms with van der Waals surface area (Å²) < 4.78 is 97.3. The summed E-state index contributed by atoms with van der Waals surface area (Å²) in [6.07, 6.45) is -7.07. The number of hydrogen-bond donors (Lipinski definition) is 5. The molecular formula is C31H36F6N6O6S3. The number of alkyl halides is 6. The molecule has 0 aliphatic carbocycles. The number of thioether (sulfide) groups is 1. The smallest absolute Gasteiger partial charge is 0.383 e. The van der Waals surface area contributed by atoms with E-state index in [4.69, 9.17) is 25.5 Å². The van der Waals surface area contributed by atoms with Crippen molar-refractivity contribution >= 4 is 56.5 Å². The Bertz CT molecular complexity index is 1820. The normalized spacial score (nSPS) is 13.5. The van der Waals surface area contributed by atoms with Crippen LogP contribution >= 0.6 is 23.1 Å². The number of primary amides is 2. The lowest BCUT2D eigenvalue weighted by Gasteiger charge is -2.26. The number of aryl methyl sites for hydroxylation is 1. The van der Waals surface area contributed by atoms with Gasteiger partial charge in [0.2, 0.25) is 9.84 Å². The Kier molecular flexibility index (Phi) is 16.1. The van der Waals surface area contributed by atoms with Crippen molar-refractivity contribution in [2.24, 2.45) is 17.2 Å². The van der Waals surface area contributed by atoms with E-state index in [9.17, 15) is 39.6 Å². The molecule has 1 fully saturated rings. The van der Waals surface area contributed by atoms with Gasteiger partial charge in [0.15, 0.2) is 0 Å². The fourth-order valence-electron chi connectivity index (χ4n) is 4.28. The molecule has 52 heavy (non-hydrogen) atoms. The molecule has 0 unspecified atom stereocenters. The van der Waals surface area contributed by atoms with Gasteiger partial charge in [-0.3, -0.25) is 24.7 Å². The minimum absolute atomic E-state index is 0.149. The van der Waals surface area contributed by atoms with E-state index in [2.05, 4.69) is 21.7 Å². The van der Waals surface area contributed by atoms with Crippen molar-refractivity contribution in [1.29, 1.82) is 5.41 Å². The van der Waals surface area contributed by atoms with Crippen LogP contribution < -0.4 is 22.5 Å². The fraction of sp³-hybridized carbons (Fsp3) is 0.355. The standard InChI is InChI=1S/C27H32N4O4S3.2C2H2F3NO/c1-18-7-8-20(26(32)30-9-4-10-31-11-13-35-14-12-31)16-22(18)19-5-3-6-21(15-19)38(33,34)24-17-23(25(28)29)37-27(24)36-2;2*3-2(4,5)1(6)7/h3,5-8,15-17H,4,9-14H2,1-2H3,(H3,28,29)(H,30,32);2*(H2,6,7). The first-order valence-corrected chi connectivity index (χ1v) is 18.4. The largest absolute Gasteiger partial charge is 0.470 e. The van der Waals surface area contributed by atoms with Gasteiger partial charge in [0, 0.05) is 25.2 Å². The number of amidine groups is 1. The number of ether oxygens (including phenoxy) is 1. The number of hydrogen-bond acceptors (Lipinski definition) is 10. The third kappa shape index (κ3) is 13.1. The van der Waals surface area contributed by atoms with Crippen LogP contribution in [0.2, 0.25) is 0 Å². The predicted molar refractivity (Wildman–Crippen MR) is 184 cm³/mol. The first-order chi connectivity index (χ1) is 24.1. The fourth-order valence-corrected chi connectivity index (χ4v) is 8.19. The first-order valence-electron chi connectivity index (χ1n) is 14.9. The summed E-state index contributed by atoms with van der Waals surface area (Å²) in [6.45, 7) is 6.79. The number of halogens is 6. The lowest BCUT2D eigenvalue weighted by atomic mass is 9.98. The highest BCUT2D eigenvalue weighted by Crippen LogP contribution is 2.38. The van der Waals surface area contributed by atoms with Gasteiger partial charge in [-0.05, 0) is 73.2 Å². The maximum absolute atomic E-state index is 13.6. The lowest BCUT2D eigenvalue weighted by molar-refractivity contribution is -0.169. The van der Waals surface area contributed by atoms with Gasteiger partial charge in [-0.25, -0.2) is 8.42 Å². The topological polar surface area (TPSA) is 212 Å². The van der Waals surface area contributed by atoms with Crippen LogP contribution in [0.3, 0.4) is 0 Å². The Hall–Kier alpha value is -4.18. The summed E-state index contributed by atoms with van der Waals surface area (Å²) in [7, 11) is -3.84. The molecule has 21 heteroatoms. The van der Waals surface area contributed by atoms with E-state index in [1.807, 2.05) is 25.1 Å². The summed E-state index contributed by atoms with van der Waals surface area (Å²) in [5.74, 6) is -4.83. The number of carbonyl (C=O) groups is 3. The molecule has 1 aliphatic rings. The average Bonchev–Trinajstić information content (AvgIpc) is 3.53. The highest BCUT2D eigenvalue weighted by Gasteiger charge is 2.36. The maximum Gasteiger partial charge on any atom is 0.470 e. The molecule has 12 nitrogen and oxygen atoms in total. The molecule has 1 aliphatic heterocycles. The van der Waals surface area contributed by atoms with Crippen molar-refractivity contribution in [3.63, 3.8) is 0 Å². The number of carbonyl (C=O) groups excluding carboxylic acids is 3. The first kappa shape index (κ1) is 44.0. The van der Waals surface area contributed by atoms with E-state index >= 15 is 0 Å². The highest BCUT2D eigenvalue weighted by molar-refractivity contribution is 8.01. The SMILES string of the molecule is CSc1sc(C(=N)N)cc1S(=O)(=O)c1cccc(-c2cc(C(=O)NCCCN3CCOCC3)ccc2C)c1.NC(=O)C(F)(F)F.NC(=O)C(F)(F)F. The van der Waals surface area contributed by atoms with E-state index < -0.39 is 34.0 Å². The maximum atomic E-state index is 13.6. The molecule has 4 rings (SSSR count). The van der Waals surface area contributed by atoms with E-state index in [1.165, 1.54) is 29.2 Å². The third-order valence-corrected chi connectivity index (χ3v) is 11.3. The summed E-state index contributed by atoms with van der Waals surface area (Å²) in [5, 5.41) is 10.7. The van der Waals surface area contributed by atoms with Gasteiger partial charge in [0.05, 0.1) is 32.1 Å². The van der Waals surface area contributed by atoms with Crippen LogP contribution in [0.25, 0.3) is 11.1 Å². The average molecular weight is 799 g/mol. The molecule has 0 spiro atoms. The van der Waals surface area contributed by atoms with E-state index in [0.29, 0.717) is 26.8 Å². The van der Waals surface area contributed by atoms with Crippen LogP contribution in [0.5, 0.6) is 0 Å². The number of thiophene rings is 1. The second kappa shape index (κ2) is 19.1. The Morgan fingerprint density at radius 2 is 1.54 bits per heavy atom. The molecular weight excluding hydrogens is 763 g/mol. The number of sulfone groups is 1. The zero-order valence-electron chi connectivity index (χ0n) is 27.7. The Morgan fingerprint density at radius 1 is 0.962 bits per heavy atom. The molecule has 1 aromatic heterocycles. The molecule has 2 heterocycles.